The quantitative estimate of drug-likeness (QED) is 0.171. The summed E-state index contributed by atoms with van der Waals surface area (Å²) >= 11 is 1.08. The van der Waals surface area contributed by atoms with Crippen molar-refractivity contribution in [3.63, 3.8) is 0 Å². The second-order valence-corrected chi connectivity index (χ2v) is 9.61. The van der Waals surface area contributed by atoms with Crippen LogP contribution in [0.25, 0.3) is 0 Å². The van der Waals surface area contributed by atoms with Crippen LogP contribution in [0.1, 0.15) is 17.2 Å². The number of nitrogens with zero attached hydrogens (tertiary/aromatic N) is 2. The maximum atomic E-state index is 13.3. The van der Waals surface area contributed by atoms with Gasteiger partial charge in [0, 0.05) is 17.9 Å². The van der Waals surface area contributed by atoms with Crippen LogP contribution in [0.2, 0.25) is 0 Å². The molecule has 3 atom stereocenters. The number of non-ortho nitro benzene ring substituents is 1. The fourth-order valence-electron chi connectivity index (χ4n) is 4.10. The number of rotatable bonds is 9. The number of methoxy groups -OCH3 is 1. The first-order chi connectivity index (χ1) is 19.1. The van der Waals surface area contributed by atoms with Gasteiger partial charge in [-0.15, -0.1) is 11.8 Å². The van der Waals surface area contributed by atoms with Crippen molar-refractivity contribution in [1.82, 2.24) is 15.5 Å². The number of hydrogen-bond acceptors (Lipinski definition) is 10. The van der Waals surface area contributed by atoms with E-state index in [0.717, 1.165) is 23.8 Å². The molecule has 2 aliphatic rings. The van der Waals surface area contributed by atoms with Gasteiger partial charge in [0.2, 0.25) is 5.91 Å². The lowest BCUT2D eigenvalue weighted by Crippen LogP contribution is -2.71. The van der Waals surface area contributed by atoms with Crippen LogP contribution in [0.5, 0.6) is 0 Å². The van der Waals surface area contributed by atoms with Gasteiger partial charge in [0.15, 0.2) is 0 Å². The molecular formula is C25H22N4O10S. The predicted molar refractivity (Wildman–Crippen MR) is 137 cm³/mol. The van der Waals surface area contributed by atoms with E-state index in [2.05, 4.69) is 15.4 Å². The SMILES string of the molecule is COC(=O)C1=C(C(=O)O)N2C(=O)C(NC(=O)C(NC(=O)OCc3ccc([N+](=O)[O-])cc3)c3ccccc3)[C@H]2SC1. The minimum atomic E-state index is -1.48. The van der Waals surface area contributed by atoms with Gasteiger partial charge in [0.25, 0.3) is 11.6 Å². The lowest BCUT2D eigenvalue weighted by Gasteiger charge is -2.49. The molecule has 0 bridgehead atoms. The third kappa shape index (κ3) is 5.73. The Morgan fingerprint density at radius 1 is 1.15 bits per heavy atom. The predicted octanol–water partition coefficient (Wildman–Crippen LogP) is 1.47. The van der Waals surface area contributed by atoms with Gasteiger partial charge >= 0.3 is 18.0 Å². The first-order valence-electron chi connectivity index (χ1n) is 11.6. The van der Waals surface area contributed by atoms with E-state index in [1.165, 1.54) is 24.3 Å². The number of fused-ring (bicyclic) bond motifs is 1. The number of carbonyl (C=O) groups is 5. The molecule has 2 unspecified atom stereocenters. The highest BCUT2D eigenvalue weighted by Gasteiger charge is 2.55. The van der Waals surface area contributed by atoms with Gasteiger partial charge in [0.05, 0.1) is 17.6 Å². The topological polar surface area (TPSA) is 194 Å². The van der Waals surface area contributed by atoms with Crippen molar-refractivity contribution in [3.05, 3.63) is 87.1 Å². The largest absolute Gasteiger partial charge is 0.477 e. The summed E-state index contributed by atoms with van der Waals surface area (Å²) in [6.07, 6.45) is -0.963. The summed E-state index contributed by atoms with van der Waals surface area (Å²) < 4.78 is 9.80. The van der Waals surface area contributed by atoms with Gasteiger partial charge in [-0.3, -0.25) is 24.6 Å². The summed E-state index contributed by atoms with van der Waals surface area (Å²) in [5.41, 5.74) is 0.0604. The van der Waals surface area contributed by atoms with Crippen molar-refractivity contribution in [1.29, 1.82) is 0 Å². The summed E-state index contributed by atoms with van der Waals surface area (Å²) in [5, 5.41) is 24.6. The smallest absolute Gasteiger partial charge is 0.408 e. The van der Waals surface area contributed by atoms with Crippen LogP contribution in [0.15, 0.2) is 65.9 Å². The molecule has 0 radical (unpaired) electrons. The zero-order valence-electron chi connectivity index (χ0n) is 20.8. The highest BCUT2D eigenvalue weighted by Crippen LogP contribution is 2.40. The molecule has 2 heterocycles. The van der Waals surface area contributed by atoms with Gasteiger partial charge in [0.1, 0.15) is 29.8 Å². The summed E-state index contributed by atoms with van der Waals surface area (Å²) in [7, 11) is 1.10. The Balaban J connectivity index is 1.45. The number of carboxylic acid groups (broad SMARTS) is 1. The standard InChI is InChI=1S/C25H22N4O10S/c1-38-24(34)16-12-40-22-18(21(31)28(22)19(16)23(32)33)26-20(30)17(14-5-3-2-4-6-14)27-25(35)39-11-13-7-9-15(10-8-13)29(36)37/h2-10,17-18,22H,11-12H2,1H3,(H,26,30)(H,27,35)(H,32,33)/t17?,18?,22-/m1/s1. The molecule has 2 aromatic rings. The average molecular weight is 571 g/mol. The number of nitrogens with one attached hydrogen (secondary N) is 2. The first-order valence-corrected chi connectivity index (χ1v) is 12.7. The van der Waals surface area contributed by atoms with Crippen LogP contribution < -0.4 is 10.6 Å². The van der Waals surface area contributed by atoms with E-state index in [1.807, 2.05) is 0 Å². The summed E-state index contributed by atoms with van der Waals surface area (Å²) in [6.45, 7) is -0.228. The maximum Gasteiger partial charge on any atom is 0.408 e. The minimum absolute atomic E-state index is 0.0511. The van der Waals surface area contributed by atoms with E-state index in [9.17, 15) is 39.2 Å². The van der Waals surface area contributed by atoms with Gasteiger partial charge in [-0.2, -0.15) is 0 Å². The molecule has 3 amide bonds. The lowest BCUT2D eigenvalue weighted by molar-refractivity contribution is -0.384. The molecule has 14 nitrogen and oxygen atoms in total. The summed E-state index contributed by atoms with van der Waals surface area (Å²) in [4.78, 5) is 73.8. The number of thioether (sulfide) groups is 1. The second-order valence-electron chi connectivity index (χ2n) is 8.51. The lowest BCUT2D eigenvalue weighted by atomic mass is 10.0. The fraction of sp³-hybridized carbons (Fsp3) is 0.240. The number of esters is 1. The van der Waals surface area contributed by atoms with Crippen LogP contribution in [-0.2, 0) is 35.3 Å². The molecule has 1 saturated heterocycles. The van der Waals surface area contributed by atoms with E-state index in [0.29, 0.717) is 11.1 Å². The van der Waals surface area contributed by atoms with Crippen LogP contribution in [0, 0.1) is 10.1 Å². The number of amides is 3. The highest BCUT2D eigenvalue weighted by atomic mass is 32.2. The number of nitro benzene ring substituents is 1. The molecular weight excluding hydrogens is 548 g/mol. The van der Waals surface area contributed by atoms with E-state index in [-0.39, 0.29) is 23.6 Å². The molecule has 15 heteroatoms. The summed E-state index contributed by atoms with van der Waals surface area (Å²) in [5.74, 6) is -3.90. The number of ether oxygens (including phenoxy) is 2. The summed E-state index contributed by atoms with van der Waals surface area (Å²) in [6, 6.07) is 11.1. The Bertz CT molecular complexity index is 1400. The molecule has 4 rings (SSSR count). The van der Waals surface area contributed by atoms with Crippen LogP contribution in [-0.4, -0.2) is 69.1 Å². The van der Waals surface area contributed by atoms with Gasteiger partial charge < -0.3 is 25.2 Å². The molecule has 40 heavy (non-hydrogen) atoms. The van der Waals surface area contributed by atoms with Gasteiger partial charge in [-0.1, -0.05) is 30.3 Å². The van der Waals surface area contributed by atoms with Crippen LogP contribution >= 0.6 is 11.8 Å². The molecule has 2 aliphatic heterocycles. The maximum absolute atomic E-state index is 13.3. The Morgan fingerprint density at radius 2 is 1.82 bits per heavy atom. The number of β-lactam (4-membered cyclic amide) rings is 1. The number of benzene rings is 2. The number of alkyl carbamates (subject to hydrolysis) is 1. The van der Waals surface area contributed by atoms with Crippen LogP contribution in [0.4, 0.5) is 10.5 Å². The van der Waals surface area contributed by atoms with Crippen molar-refractivity contribution in [2.75, 3.05) is 12.9 Å². The van der Waals surface area contributed by atoms with Crippen LogP contribution in [0.3, 0.4) is 0 Å². The molecule has 1 fully saturated rings. The number of hydrogen-bond donors (Lipinski definition) is 3. The molecule has 2 aromatic carbocycles. The first kappa shape index (κ1) is 28.1. The minimum Gasteiger partial charge on any atom is -0.477 e. The molecule has 3 N–H and O–H groups in total. The Morgan fingerprint density at radius 3 is 2.42 bits per heavy atom. The second kappa shape index (κ2) is 11.9. The Kier molecular flexibility index (Phi) is 8.33. The Labute approximate surface area is 230 Å². The third-order valence-electron chi connectivity index (χ3n) is 6.07. The van der Waals surface area contributed by atoms with Crippen molar-refractivity contribution < 1.29 is 43.5 Å². The Hall–Kier alpha value is -4.92. The highest BCUT2D eigenvalue weighted by molar-refractivity contribution is 8.00. The zero-order valence-corrected chi connectivity index (χ0v) is 21.6. The average Bonchev–Trinajstić information content (AvgIpc) is 2.96. The van der Waals surface area contributed by atoms with E-state index >= 15 is 0 Å². The molecule has 0 saturated carbocycles. The van der Waals surface area contributed by atoms with Crippen molar-refractivity contribution in [3.8, 4) is 0 Å². The molecule has 0 aromatic heterocycles. The van der Waals surface area contributed by atoms with E-state index in [1.54, 1.807) is 30.3 Å². The molecule has 0 aliphatic carbocycles. The fourth-order valence-corrected chi connectivity index (χ4v) is 5.43. The zero-order chi connectivity index (χ0) is 29.0. The third-order valence-corrected chi connectivity index (χ3v) is 7.35. The van der Waals surface area contributed by atoms with Crippen molar-refractivity contribution in [2.24, 2.45) is 0 Å². The number of aliphatic carboxylic acids is 1. The number of carbonyl (C=O) groups excluding carboxylic acids is 4. The monoisotopic (exact) mass is 570 g/mol. The number of nitro groups is 1. The van der Waals surface area contributed by atoms with Crippen molar-refractivity contribution >= 4 is 47.3 Å². The van der Waals surface area contributed by atoms with Gasteiger partial charge in [-0.05, 0) is 23.3 Å². The van der Waals surface area contributed by atoms with E-state index < -0.39 is 57.9 Å². The molecule has 208 valence electrons. The van der Waals surface area contributed by atoms with E-state index in [4.69, 9.17) is 4.74 Å². The molecule has 0 spiro atoms. The van der Waals surface area contributed by atoms with Crippen molar-refractivity contribution in [2.45, 2.75) is 24.1 Å². The van der Waals surface area contributed by atoms with Gasteiger partial charge in [-0.25, -0.2) is 14.4 Å². The normalized spacial score (nSPS) is 18.5. The number of carboxylic acids is 1.